The van der Waals surface area contributed by atoms with Gasteiger partial charge in [0.2, 0.25) is 0 Å². The van der Waals surface area contributed by atoms with Crippen molar-refractivity contribution in [2.45, 2.75) is 13.8 Å². The first-order chi connectivity index (χ1) is 5.31. The molecule has 0 saturated carbocycles. The average molecular weight is 158 g/mol. The van der Waals surface area contributed by atoms with Crippen LogP contribution in [0.1, 0.15) is 13.8 Å². The Kier molecular flexibility index (Phi) is 6.73. The first kappa shape index (κ1) is 10.2. The van der Waals surface area contributed by atoms with E-state index in [-0.39, 0.29) is 5.97 Å². The summed E-state index contributed by atoms with van der Waals surface area (Å²) in [6.45, 7) is 5.12. The van der Waals surface area contributed by atoms with Crippen molar-refractivity contribution in [2.24, 2.45) is 0 Å². The first-order valence-corrected chi connectivity index (χ1v) is 3.68. The number of esters is 1. The van der Waals surface area contributed by atoms with Crippen LogP contribution in [-0.4, -0.2) is 25.8 Å². The molecule has 0 rings (SSSR count). The first-order valence-electron chi connectivity index (χ1n) is 3.68. The summed E-state index contributed by atoms with van der Waals surface area (Å²) in [5, 5.41) is 0. The Morgan fingerprint density at radius 1 is 1.45 bits per heavy atom. The number of hydrogen-bond donors (Lipinski definition) is 0. The zero-order valence-corrected chi connectivity index (χ0v) is 7.00. The minimum Gasteiger partial charge on any atom is -0.460 e. The standard InChI is InChI=1S/C8H14O3/c1-3-5-8(9)11-7-6-10-4-2/h3,5H,4,6-7H2,1-2H3/b5-3+. The Labute approximate surface area is 67.0 Å². The van der Waals surface area contributed by atoms with Crippen molar-refractivity contribution in [3.8, 4) is 0 Å². The van der Waals surface area contributed by atoms with Gasteiger partial charge in [-0.15, -0.1) is 0 Å². The number of ether oxygens (including phenoxy) is 2. The van der Waals surface area contributed by atoms with Gasteiger partial charge in [0, 0.05) is 12.7 Å². The highest BCUT2D eigenvalue weighted by atomic mass is 16.6. The van der Waals surface area contributed by atoms with E-state index in [4.69, 9.17) is 9.47 Å². The van der Waals surface area contributed by atoms with Crippen molar-refractivity contribution < 1.29 is 14.3 Å². The molecule has 0 saturated heterocycles. The second-order valence-corrected chi connectivity index (χ2v) is 1.86. The highest BCUT2D eigenvalue weighted by molar-refractivity contribution is 5.81. The SMILES string of the molecule is C/C=C/C(=O)OCCOCC. The summed E-state index contributed by atoms with van der Waals surface area (Å²) < 4.78 is 9.69. The molecule has 0 aliphatic carbocycles. The average Bonchev–Trinajstić information content (AvgIpc) is 1.99. The molecule has 0 heterocycles. The lowest BCUT2D eigenvalue weighted by atomic mass is 10.5. The number of hydrogen-bond acceptors (Lipinski definition) is 3. The van der Waals surface area contributed by atoms with Crippen molar-refractivity contribution in [1.82, 2.24) is 0 Å². The van der Waals surface area contributed by atoms with E-state index in [1.165, 1.54) is 6.08 Å². The lowest BCUT2D eigenvalue weighted by Crippen LogP contribution is -2.08. The lowest BCUT2D eigenvalue weighted by molar-refractivity contribution is -0.139. The summed E-state index contributed by atoms with van der Waals surface area (Å²) in [5.41, 5.74) is 0. The summed E-state index contributed by atoms with van der Waals surface area (Å²) in [4.78, 5) is 10.6. The third-order valence-electron chi connectivity index (χ3n) is 0.979. The molecular formula is C8H14O3. The molecule has 0 amide bonds. The van der Waals surface area contributed by atoms with Crippen LogP contribution in [0.3, 0.4) is 0 Å². The van der Waals surface area contributed by atoms with Gasteiger partial charge in [-0.25, -0.2) is 4.79 Å². The summed E-state index contributed by atoms with van der Waals surface area (Å²) in [5.74, 6) is -0.313. The molecule has 0 fully saturated rings. The molecule has 3 nitrogen and oxygen atoms in total. The number of carbonyl (C=O) groups excluding carboxylic acids is 1. The molecule has 0 atom stereocenters. The predicted octanol–water partition coefficient (Wildman–Crippen LogP) is 1.14. The predicted molar refractivity (Wildman–Crippen MR) is 42.3 cm³/mol. The molecule has 0 aromatic heterocycles. The lowest BCUT2D eigenvalue weighted by Gasteiger charge is -2.00. The monoisotopic (exact) mass is 158 g/mol. The van der Waals surface area contributed by atoms with Crippen LogP contribution in [-0.2, 0) is 14.3 Å². The summed E-state index contributed by atoms with van der Waals surface area (Å²) in [6, 6.07) is 0. The van der Waals surface area contributed by atoms with Crippen molar-refractivity contribution >= 4 is 5.97 Å². The summed E-state index contributed by atoms with van der Waals surface area (Å²) >= 11 is 0. The highest BCUT2D eigenvalue weighted by Crippen LogP contribution is 1.82. The van der Waals surface area contributed by atoms with E-state index < -0.39 is 0 Å². The van der Waals surface area contributed by atoms with E-state index in [0.29, 0.717) is 19.8 Å². The normalized spacial score (nSPS) is 10.4. The summed E-state index contributed by atoms with van der Waals surface area (Å²) in [7, 11) is 0. The van der Waals surface area contributed by atoms with Gasteiger partial charge in [0.25, 0.3) is 0 Å². The topological polar surface area (TPSA) is 35.5 Å². The maximum absolute atomic E-state index is 10.6. The maximum atomic E-state index is 10.6. The van der Waals surface area contributed by atoms with Crippen molar-refractivity contribution in [3.05, 3.63) is 12.2 Å². The van der Waals surface area contributed by atoms with Gasteiger partial charge in [-0.1, -0.05) is 6.08 Å². The van der Waals surface area contributed by atoms with Crippen LogP contribution in [0.4, 0.5) is 0 Å². The van der Waals surface area contributed by atoms with Gasteiger partial charge in [0.15, 0.2) is 0 Å². The Morgan fingerprint density at radius 3 is 2.73 bits per heavy atom. The smallest absolute Gasteiger partial charge is 0.330 e. The quantitative estimate of drug-likeness (QED) is 0.342. The molecule has 0 aliphatic rings. The second kappa shape index (κ2) is 7.28. The number of carbonyl (C=O) groups is 1. The van der Waals surface area contributed by atoms with Gasteiger partial charge in [-0.3, -0.25) is 0 Å². The zero-order valence-electron chi connectivity index (χ0n) is 7.00. The Hall–Kier alpha value is -0.830. The molecule has 0 aromatic carbocycles. The molecule has 0 spiro atoms. The van der Waals surface area contributed by atoms with E-state index >= 15 is 0 Å². The van der Waals surface area contributed by atoms with E-state index in [2.05, 4.69) is 0 Å². The van der Waals surface area contributed by atoms with Crippen LogP contribution in [0.5, 0.6) is 0 Å². The highest BCUT2D eigenvalue weighted by Gasteiger charge is 1.93. The van der Waals surface area contributed by atoms with Crippen LogP contribution >= 0.6 is 0 Å². The zero-order chi connectivity index (χ0) is 8.53. The second-order valence-electron chi connectivity index (χ2n) is 1.86. The minimum absolute atomic E-state index is 0.313. The molecule has 0 unspecified atom stereocenters. The van der Waals surface area contributed by atoms with Crippen LogP contribution < -0.4 is 0 Å². The summed E-state index contributed by atoms with van der Waals surface area (Å²) in [6.07, 6.45) is 3.02. The molecule has 0 radical (unpaired) electrons. The maximum Gasteiger partial charge on any atom is 0.330 e. The van der Waals surface area contributed by atoms with Gasteiger partial charge < -0.3 is 9.47 Å². The van der Waals surface area contributed by atoms with E-state index in [0.717, 1.165) is 0 Å². The third-order valence-corrected chi connectivity index (χ3v) is 0.979. The largest absolute Gasteiger partial charge is 0.460 e. The van der Waals surface area contributed by atoms with Gasteiger partial charge in [-0.05, 0) is 13.8 Å². The fourth-order valence-corrected chi connectivity index (χ4v) is 0.530. The fraction of sp³-hybridized carbons (Fsp3) is 0.625. The van der Waals surface area contributed by atoms with E-state index in [1.54, 1.807) is 13.0 Å². The fourth-order valence-electron chi connectivity index (χ4n) is 0.530. The number of rotatable bonds is 5. The van der Waals surface area contributed by atoms with Crippen molar-refractivity contribution in [2.75, 3.05) is 19.8 Å². The Bertz CT molecular complexity index is 129. The minimum atomic E-state index is -0.313. The van der Waals surface area contributed by atoms with Gasteiger partial charge in [-0.2, -0.15) is 0 Å². The molecular weight excluding hydrogens is 144 g/mol. The van der Waals surface area contributed by atoms with E-state index in [1.807, 2.05) is 6.92 Å². The molecule has 11 heavy (non-hydrogen) atoms. The van der Waals surface area contributed by atoms with Gasteiger partial charge in [0.05, 0.1) is 6.61 Å². The van der Waals surface area contributed by atoms with Crippen LogP contribution in [0.25, 0.3) is 0 Å². The Balaban J connectivity index is 3.17. The van der Waals surface area contributed by atoms with Crippen LogP contribution in [0.2, 0.25) is 0 Å². The number of allylic oxidation sites excluding steroid dienone is 1. The van der Waals surface area contributed by atoms with Crippen LogP contribution in [0, 0.1) is 0 Å². The van der Waals surface area contributed by atoms with E-state index in [9.17, 15) is 4.79 Å². The third kappa shape index (κ3) is 7.06. The molecule has 0 bridgehead atoms. The Morgan fingerprint density at radius 2 is 2.18 bits per heavy atom. The molecule has 0 aromatic rings. The van der Waals surface area contributed by atoms with Crippen molar-refractivity contribution in [3.63, 3.8) is 0 Å². The molecule has 0 aliphatic heterocycles. The molecule has 0 N–H and O–H groups in total. The van der Waals surface area contributed by atoms with Crippen molar-refractivity contribution in [1.29, 1.82) is 0 Å². The molecule has 3 heteroatoms. The van der Waals surface area contributed by atoms with Gasteiger partial charge in [0.1, 0.15) is 6.61 Å². The molecule has 64 valence electrons. The van der Waals surface area contributed by atoms with Crippen LogP contribution in [0.15, 0.2) is 12.2 Å². The van der Waals surface area contributed by atoms with Gasteiger partial charge >= 0.3 is 5.97 Å².